The lowest BCUT2D eigenvalue weighted by atomic mass is 10.1. The second-order valence-corrected chi connectivity index (χ2v) is 8.21. The van der Waals surface area contributed by atoms with Crippen LogP contribution in [-0.4, -0.2) is 69.7 Å². The number of para-hydroxylation sites is 1. The third kappa shape index (κ3) is 3.40. The molecule has 10 nitrogen and oxygen atoms in total. The minimum atomic E-state index is -0.410. The minimum absolute atomic E-state index is 0.114. The SMILES string of the molecule is CCOC(=O)c1csc2nc(N)nc(N3CCN(C(=O)c4n[nH]c5ccccc45)CC3)c12. The van der Waals surface area contributed by atoms with Crippen LogP contribution in [0.15, 0.2) is 29.6 Å². The average Bonchev–Trinajstić information content (AvgIpc) is 3.43. The van der Waals surface area contributed by atoms with Crippen LogP contribution in [0.4, 0.5) is 11.8 Å². The quantitative estimate of drug-likeness (QED) is 0.452. The lowest BCUT2D eigenvalue weighted by Crippen LogP contribution is -2.49. The van der Waals surface area contributed by atoms with E-state index in [9.17, 15) is 9.59 Å². The van der Waals surface area contributed by atoms with Gasteiger partial charge in [0.25, 0.3) is 5.91 Å². The van der Waals surface area contributed by atoms with Crippen molar-refractivity contribution >= 4 is 56.1 Å². The normalized spacial score (nSPS) is 14.3. The van der Waals surface area contributed by atoms with Crippen molar-refractivity contribution in [3.63, 3.8) is 0 Å². The van der Waals surface area contributed by atoms with Gasteiger partial charge in [0, 0.05) is 36.9 Å². The number of H-pyrrole nitrogens is 1. The number of ether oxygens (including phenoxy) is 1. The number of aromatic amines is 1. The molecule has 0 aliphatic carbocycles. The van der Waals surface area contributed by atoms with Gasteiger partial charge in [0.2, 0.25) is 5.95 Å². The highest BCUT2D eigenvalue weighted by Crippen LogP contribution is 2.34. The van der Waals surface area contributed by atoms with Crippen LogP contribution < -0.4 is 10.6 Å². The fourth-order valence-corrected chi connectivity index (χ4v) is 4.83. The van der Waals surface area contributed by atoms with E-state index in [0.717, 1.165) is 10.9 Å². The molecule has 1 saturated heterocycles. The van der Waals surface area contributed by atoms with E-state index in [1.165, 1.54) is 11.3 Å². The van der Waals surface area contributed by atoms with Gasteiger partial charge in [0.05, 0.1) is 23.1 Å². The van der Waals surface area contributed by atoms with Gasteiger partial charge in [-0.2, -0.15) is 10.1 Å². The zero-order chi connectivity index (χ0) is 22.2. The summed E-state index contributed by atoms with van der Waals surface area (Å²) in [4.78, 5) is 38.7. The smallest absolute Gasteiger partial charge is 0.339 e. The van der Waals surface area contributed by atoms with E-state index in [-0.39, 0.29) is 18.5 Å². The highest BCUT2D eigenvalue weighted by Gasteiger charge is 2.28. The molecular formula is C21H21N7O3S. The summed E-state index contributed by atoms with van der Waals surface area (Å²) in [6.45, 7) is 4.11. The predicted molar refractivity (Wildman–Crippen MR) is 122 cm³/mol. The van der Waals surface area contributed by atoms with Gasteiger partial charge in [-0.05, 0) is 13.0 Å². The van der Waals surface area contributed by atoms with Crippen LogP contribution in [0.25, 0.3) is 21.1 Å². The van der Waals surface area contributed by atoms with Crippen LogP contribution in [0, 0.1) is 0 Å². The molecule has 1 aliphatic heterocycles. The van der Waals surface area contributed by atoms with Crippen molar-refractivity contribution in [2.75, 3.05) is 43.4 Å². The summed E-state index contributed by atoms with van der Waals surface area (Å²) in [5.41, 5.74) is 7.62. The van der Waals surface area contributed by atoms with Crippen LogP contribution in [-0.2, 0) is 4.74 Å². The number of thiophene rings is 1. The Morgan fingerprint density at radius 3 is 2.75 bits per heavy atom. The maximum absolute atomic E-state index is 13.1. The molecule has 3 N–H and O–H groups in total. The van der Waals surface area contributed by atoms with Gasteiger partial charge in [-0.15, -0.1) is 11.3 Å². The number of rotatable bonds is 4. The molecule has 4 aromatic rings. The second kappa shape index (κ2) is 8.08. The first-order chi connectivity index (χ1) is 15.6. The Morgan fingerprint density at radius 2 is 1.97 bits per heavy atom. The molecule has 11 heteroatoms. The monoisotopic (exact) mass is 451 g/mol. The number of nitrogen functional groups attached to an aromatic ring is 1. The molecule has 0 bridgehead atoms. The zero-order valence-corrected chi connectivity index (χ0v) is 18.2. The Balaban J connectivity index is 1.40. The topological polar surface area (TPSA) is 130 Å². The van der Waals surface area contributed by atoms with Crippen LogP contribution in [0.1, 0.15) is 27.8 Å². The third-order valence-corrected chi connectivity index (χ3v) is 6.34. The minimum Gasteiger partial charge on any atom is -0.462 e. The molecule has 0 atom stereocenters. The molecule has 0 unspecified atom stereocenters. The van der Waals surface area contributed by atoms with Crippen molar-refractivity contribution in [3.05, 3.63) is 40.9 Å². The molecule has 0 saturated carbocycles. The fourth-order valence-electron chi connectivity index (χ4n) is 3.93. The lowest BCUT2D eigenvalue weighted by molar-refractivity contribution is 0.0529. The summed E-state index contributed by atoms with van der Waals surface area (Å²) < 4.78 is 5.19. The Bertz CT molecular complexity index is 1320. The molecule has 1 aliphatic rings. The maximum atomic E-state index is 13.1. The second-order valence-electron chi connectivity index (χ2n) is 7.35. The number of benzene rings is 1. The molecule has 32 heavy (non-hydrogen) atoms. The predicted octanol–water partition coefficient (Wildman–Crippen LogP) is 2.29. The van der Waals surface area contributed by atoms with Gasteiger partial charge in [0.1, 0.15) is 10.6 Å². The van der Waals surface area contributed by atoms with Crippen molar-refractivity contribution in [3.8, 4) is 0 Å². The average molecular weight is 452 g/mol. The van der Waals surface area contributed by atoms with E-state index in [2.05, 4.69) is 20.2 Å². The molecule has 1 fully saturated rings. The third-order valence-electron chi connectivity index (χ3n) is 5.47. The van der Waals surface area contributed by atoms with Crippen LogP contribution >= 0.6 is 11.3 Å². The van der Waals surface area contributed by atoms with E-state index in [1.807, 2.05) is 29.2 Å². The summed E-state index contributed by atoms with van der Waals surface area (Å²) in [5, 5.41) is 10.3. The van der Waals surface area contributed by atoms with Gasteiger partial charge in [-0.25, -0.2) is 9.78 Å². The Labute approximate surface area is 187 Å². The number of hydrogen-bond donors (Lipinski definition) is 2. The molecule has 1 aromatic carbocycles. The Morgan fingerprint density at radius 1 is 1.19 bits per heavy atom. The van der Waals surface area contributed by atoms with Crippen LogP contribution in [0.3, 0.4) is 0 Å². The number of carbonyl (C=O) groups excluding carboxylic acids is 2. The number of anilines is 2. The number of fused-ring (bicyclic) bond motifs is 2. The highest BCUT2D eigenvalue weighted by molar-refractivity contribution is 7.17. The number of nitrogens with one attached hydrogen (secondary N) is 1. The number of nitrogens with two attached hydrogens (primary N) is 1. The van der Waals surface area contributed by atoms with E-state index in [0.29, 0.717) is 53.5 Å². The summed E-state index contributed by atoms with van der Waals surface area (Å²) in [5.74, 6) is 0.213. The molecule has 0 radical (unpaired) electrons. The van der Waals surface area contributed by atoms with E-state index >= 15 is 0 Å². The number of aromatic nitrogens is 4. The largest absolute Gasteiger partial charge is 0.462 e. The number of esters is 1. The number of piperazine rings is 1. The zero-order valence-electron chi connectivity index (χ0n) is 17.4. The molecular weight excluding hydrogens is 430 g/mol. The van der Waals surface area contributed by atoms with Crippen molar-refractivity contribution in [1.82, 2.24) is 25.1 Å². The van der Waals surface area contributed by atoms with Gasteiger partial charge in [-0.3, -0.25) is 9.89 Å². The van der Waals surface area contributed by atoms with Gasteiger partial charge < -0.3 is 20.3 Å². The van der Waals surface area contributed by atoms with E-state index in [1.54, 1.807) is 17.2 Å². The van der Waals surface area contributed by atoms with Gasteiger partial charge in [-0.1, -0.05) is 18.2 Å². The van der Waals surface area contributed by atoms with Crippen molar-refractivity contribution in [2.24, 2.45) is 0 Å². The molecule has 5 rings (SSSR count). The van der Waals surface area contributed by atoms with Gasteiger partial charge >= 0.3 is 5.97 Å². The number of nitrogens with zero attached hydrogens (tertiary/aromatic N) is 5. The van der Waals surface area contributed by atoms with Crippen molar-refractivity contribution in [1.29, 1.82) is 0 Å². The highest BCUT2D eigenvalue weighted by atomic mass is 32.1. The number of amides is 1. The molecule has 1 amide bonds. The maximum Gasteiger partial charge on any atom is 0.339 e. The summed E-state index contributed by atoms with van der Waals surface area (Å²) in [6, 6.07) is 7.57. The summed E-state index contributed by atoms with van der Waals surface area (Å²) in [7, 11) is 0. The molecule has 3 aromatic heterocycles. The van der Waals surface area contributed by atoms with E-state index in [4.69, 9.17) is 10.5 Å². The first kappa shape index (κ1) is 20.2. The molecule has 164 valence electrons. The van der Waals surface area contributed by atoms with E-state index < -0.39 is 5.97 Å². The Hall–Kier alpha value is -3.73. The first-order valence-electron chi connectivity index (χ1n) is 10.3. The van der Waals surface area contributed by atoms with Crippen molar-refractivity contribution in [2.45, 2.75) is 6.92 Å². The molecule has 4 heterocycles. The standard InChI is InChI=1S/C21H21N7O3S/c1-2-31-20(30)13-11-32-18-15(13)17(23-21(22)24-18)27-7-9-28(10-8-27)19(29)16-12-5-3-4-6-14(12)25-26-16/h3-6,11H,2,7-10H2,1H3,(H,25,26)(H2,22,23,24). The summed E-state index contributed by atoms with van der Waals surface area (Å²) >= 11 is 1.33. The van der Waals surface area contributed by atoms with Gasteiger partial charge in [0.15, 0.2) is 5.69 Å². The van der Waals surface area contributed by atoms with Crippen LogP contribution in [0.5, 0.6) is 0 Å². The molecule has 0 spiro atoms. The first-order valence-corrected chi connectivity index (χ1v) is 11.1. The fraction of sp³-hybridized carbons (Fsp3) is 0.286. The summed E-state index contributed by atoms with van der Waals surface area (Å²) in [6.07, 6.45) is 0. The Kier molecular flexibility index (Phi) is 5.10. The van der Waals surface area contributed by atoms with Crippen molar-refractivity contribution < 1.29 is 14.3 Å². The number of carbonyl (C=O) groups is 2. The number of hydrogen-bond acceptors (Lipinski definition) is 9. The van der Waals surface area contributed by atoms with Crippen LogP contribution in [0.2, 0.25) is 0 Å². The lowest BCUT2D eigenvalue weighted by Gasteiger charge is -2.35.